The van der Waals surface area contributed by atoms with Crippen LogP contribution in [0.15, 0.2) is 36.4 Å². The standard InChI is InChI=1S/C15H13F3O2/c1-9-3-4-11(8-13(9)19)10-5-6-14(20-2)12(7-10)15(16,17)18/h3-8,19H,1-2H3. The lowest BCUT2D eigenvalue weighted by Gasteiger charge is -2.14. The molecule has 1 N–H and O–H groups in total. The molecule has 20 heavy (non-hydrogen) atoms. The van der Waals surface area contributed by atoms with Crippen molar-refractivity contribution in [2.24, 2.45) is 0 Å². The SMILES string of the molecule is COc1ccc(-c2ccc(C)c(O)c2)cc1C(F)(F)F. The summed E-state index contributed by atoms with van der Waals surface area (Å²) >= 11 is 0. The number of aromatic hydroxyl groups is 1. The highest BCUT2D eigenvalue weighted by molar-refractivity contribution is 5.68. The van der Waals surface area contributed by atoms with Crippen LogP contribution >= 0.6 is 0 Å². The van der Waals surface area contributed by atoms with Crippen molar-refractivity contribution in [3.63, 3.8) is 0 Å². The lowest BCUT2D eigenvalue weighted by molar-refractivity contribution is -0.138. The smallest absolute Gasteiger partial charge is 0.419 e. The van der Waals surface area contributed by atoms with E-state index in [-0.39, 0.29) is 11.5 Å². The first-order chi connectivity index (χ1) is 9.32. The van der Waals surface area contributed by atoms with E-state index >= 15 is 0 Å². The van der Waals surface area contributed by atoms with Gasteiger partial charge in [0.2, 0.25) is 0 Å². The van der Waals surface area contributed by atoms with Gasteiger partial charge in [0, 0.05) is 0 Å². The molecule has 2 aromatic rings. The second kappa shape index (κ2) is 5.07. The predicted molar refractivity (Wildman–Crippen MR) is 69.8 cm³/mol. The second-order valence-corrected chi connectivity index (χ2v) is 4.41. The van der Waals surface area contributed by atoms with Gasteiger partial charge >= 0.3 is 6.18 Å². The minimum atomic E-state index is -4.49. The lowest BCUT2D eigenvalue weighted by atomic mass is 10.0. The van der Waals surface area contributed by atoms with E-state index in [4.69, 9.17) is 4.74 Å². The van der Waals surface area contributed by atoms with Crippen LogP contribution < -0.4 is 4.74 Å². The fourth-order valence-corrected chi connectivity index (χ4v) is 1.90. The number of aryl methyl sites for hydroxylation is 1. The van der Waals surface area contributed by atoms with Crippen LogP contribution in [-0.2, 0) is 6.18 Å². The Morgan fingerprint density at radius 1 is 1.00 bits per heavy atom. The van der Waals surface area contributed by atoms with Crippen molar-refractivity contribution in [1.82, 2.24) is 0 Å². The number of hydrogen-bond donors (Lipinski definition) is 1. The monoisotopic (exact) mass is 282 g/mol. The molecule has 2 rings (SSSR count). The Labute approximate surface area is 114 Å². The maximum atomic E-state index is 12.9. The van der Waals surface area contributed by atoms with E-state index in [1.165, 1.54) is 25.3 Å². The van der Waals surface area contributed by atoms with Crippen LogP contribution in [-0.4, -0.2) is 12.2 Å². The summed E-state index contributed by atoms with van der Waals surface area (Å²) in [6.07, 6.45) is -4.49. The number of benzene rings is 2. The molecule has 0 aliphatic heterocycles. The van der Waals surface area contributed by atoms with E-state index in [2.05, 4.69) is 0 Å². The molecule has 0 aliphatic carbocycles. The molecule has 0 spiro atoms. The summed E-state index contributed by atoms with van der Waals surface area (Å²) in [6.45, 7) is 1.72. The average Bonchev–Trinajstić information content (AvgIpc) is 2.40. The van der Waals surface area contributed by atoms with Crippen LogP contribution in [0.3, 0.4) is 0 Å². The highest BCUT2D eigenvalue weighted by Crippen LogP contribution is 2.39. The largest absolute Gasteiger partial charge is 0.508 e. The van der Waals surface area contributed by atoms with Crippen molar-refractivity contribution < 1.29 is 23.0 Å². The van der Waals surface area contributed by atoms with E-state index in [1.54, 1.807) is 19.1 Å². The van der Waals surface area contributed by atoms with Crippen molar-refractivity contribution in [2.45, 2.75) is 13.1 Å². The molecule has 2 aromatic carbocycles. The van der Waals surface area contributed by atoms with Crippen molar-refractivity contribution in [2.75, 3.05) is 7.11 Å². The zero-order valence-corrected chi connectivity index (χ0v) is 11.0. The van der Waals surface area contributed by atoms with Crippen LogP contribution in [0, 0.1) is 6.92 Å². The van der Waals surface area contributed by atoms with Gasteiger partial charge in [0.25, 0.3) is 0 Å². The van der Waals surface area contributed by atoms with Gasteiger partial charge < -0.3 is 9.84 Å². The molecular formula is C15H13F3O2. The Morgan fingerprint density at radius 3 is 2.15 bits per heavy atom. The predicted octanol–water partition coefficient (Wildman–Crippen LogP) is 4.40. The number of ether oxygens (including phenoxy) is 1. The molecule has 0 saturated carbocycles. The van der Waals surface area contributed by atoms with Gasteiger partial charge in [-0.3, -0.25) is 0 Å². The van der Waals surface area contributed by atoms with Gasteiger partial charge in [0.15, 0.2) is 0 Å². The quantitative estimate of drug-likeness (QED) is 0.885. The minimum absolute atomic E-state index is 0.0480. The van der Waals surface area contributed by atoms with Crippen molar-refractivity contribution in [1.29, 1.82) is 0 Å². The van der Waals surface area contributed by atoms with Gasteiger partial charge in [-0.1, -0.05) is 18.2 Å². The van der Waals surface area contributed by atoms with Crippen LogP contribution in [0.25, 0.3) is 11.1 Å². The number of hydrogen-bond acceptors (Lipinski definition) is 2. The van der Waals surface area contributed by atoms with E-state index in [1.807, 2.05) is 0 Å². The third-order valence-corrected chi connectivity index (χ3v) is 3.05. The summed E-state index contributed by atoms with van der Waals surface area (Å²) < 4.78 is 43.6. The number of methoxy groups -OCH3 is 1. The van der Waals surface area contributed by atoms with Gasteiger partial charge in [-0.15, -0.1) is 0 Å². The Balaban J connectivity index is 2.55. The van der Waals surface area contributed by atoms with Crippen LogP contribution in [0.2, 0.25) is 0 Å². The maximum absolute atomic E-state index is 12.9. The summed E-state index contributed by atoms with van der Waals surface area (Å²) in [7, 11) is 1.20. The molecule has 5 heteroatoms. The van der Waals surface area contributed by atoms with E-state index in [0.29, 0.717) is 16.7 Å². The molecule has 2 nitrogen and oxygen atoms in total. The summed E-state index contributed by atoms with van der Waals surface area (Å²) in [4.78, 5) is 0. The van der Waals surface area contributed by atoms with E-state index in [0.717, 1.165) is 6.07 Å². The molecule has 0 saturated heterocycles. The molecule has 0 aromatic heterocycles. The fourth-order valence-electron chi connectivity index (χ4n) is 1.90. The summed E-state index contributed by atoms with van der Waals surface area (Å²) in [5.41, 5.74) is 0.713. The van der Waals surface area contributed by atoms with E-state index in [9.17, 15) is 18.3 Å². The minimum Gasteiger partial charge on any atom is -0.508 e. The Bertz CT molecular complexity index is 634. The number of phenols is 1. The third kappa shape index (κ3) is 2.71. The number of alkyl halides is 3. The van der Waals surface area contributed by atoms with Crippen LogP contribution in [0.5, 0.6) is 11.5 Å². The Kier molecular flexibility index (Phi) is 3.61. The number of rotatable bonds is 2. The molecule has 0 fully saturated rings. The highest BCUT2D eigenvalue weighted by atomic mass is 19.4. The van der Waals surface area contributed by atoms with Gasteiger partial charge in [0.05, 0.1) is 12.7 Å². The van der Waals surface area contributed by atoms with Crippen molar-refractivity contribution in [3.8, 4) is 22.6 Å². The van der Waals surface area contributed by atoms with Crippen LogP contribution in [0.1, 0.15) is 11.1 Å². The number of phenolic OH excluding ortho intramolecular Hbond substituents is 1. The fraction of sp³-hybridized carbons (Fsp3) is 0.200. The Hall–Kier alpha value is -2.17. The molecule has 0 bridgehead atoms. The molecule has 0 radical (unpaired) electrons. The maximum Gasteiger partial charge on any atom is 0.419 e. The summed E-state index contributed by atoms with van der Waals surface area (Å²) in [5.74, 6) is -0.176. The molecule has 0 unspecified atom stereocenters. The second-order valence-electron chi connectivity index (χ2n) is 4.41. The van der Waals surface area contributed by atoms with E-state index < -0.39 is 11.7 Å². The third-order valence-electron chi connectivity index (χ3n) is 3.05. The lowest BCUT2D eigenvalue weighted by Crippen LogP contribution is -2.07. The topological polar surface area (TPSA) is 29.5 Å². The average molecular weight is 282 g/mol. The van der Waals surface area contributed by atoms with Gasteiger partial charge in [-0.2, -0.15) is 13.2 Å². The molecule has 0 amide bonds. The normalized spacial score (nSPS) is 11.4. The van der Waals surface area contributed by atoms with Crippen molar-refractivity contribution in [3.05, 3.63) is 47.5 Å². The zero-order chi connectivity index (χ0) is 14.9. The number of halogens is 3. The first kappa shape index (κ1) is 14.2. The zero-order valence-electron chi connectivity index (χ0n) is 11.0. The highest BCUT2D eigenvalue weighted by Gasteiger charge is 2.34. The molecule has 0 aliphatic rings. The molecular weight excluding hydrogens is 269 g/mol. The van der Waals surface area contributed by atoms with Crippen LogP contribution in [0.4, 0.5) is 13.2 Å². The van der Waals surface area contributed by atoms with Crippen molar-refractivity contribution >= 4 is 0 Å². The molecule has 0 atom stereocenters. The van der Waals surface area contributed by atoms with Gasteiger partial charge in [0.1, 0.15) is 11.5 Å². The molecule has 106 valence electrons. The molecule has 0 heterocycles. The van der Waals surface area contributed by atoms with Gasteiger partial charge in [-0.05, 0) is 41.8 Å². The first-order valence-electron chi connectivity index (χ1n) is 5.88. The van der Waals surface area contributed by atoms with Gasteiger partial charge in [-0.25, -0.2) is 0 Å². The summed E-state index contributed by atoms with van der Waals surface area (Å²) in [5, 5.41) is 9.64. The summed E-state index contributed by atoms with van der Waals surface area (Å²) in [6, 6.07) is 8.58. The first-order valence-corrected chi connectivity index (χ1v) is 5.88. The Morgan fingerprint density at radius 2 is 1.60 bits per heavy atom.